The highest BCUT2D eigenvalue weighted by atomic mass is 19.1. The number of amides is 1. The number of phenols is 1. The molecule has 5 heteroatoms. The second-order valence-corrected chi connectivity index (χ2v) is 4.89. The summed E-state index contributed by atoms with van der Waals surface area (Å²) >= 11 is 0. The van der Waals surface area contributed by atoms with Crippen molar-refractivity contribution < 1.29 is 14.3 Å². The van der Waals surface area contributed by atoms with Gasteiger partial charge < -0.3 is 10.4 Å². The first-order valence-corrected chi connectivity index (χ1v) is 6.50. The Hall–Kier alpha value is -1.62. The van der Waals surface area contributed by atoms with Gasteiger partial charge in [-0.3, -0.25) is 9.69 Å². The molecule has 2 atom stereocenters. The maximum Gasteiger partial charge on any atom is 0.237 e. The van der Waals surface area contributed by atoms with Crippen LogP contribution in [0.4, 0.5) is 4.39 Å². The van der Waals surface area contributed by atoms with Crippen molar-refractivity contribution in [3.05, 3.63) is 29.6 Å². The first-order chi connectivity index (χ1) is 9.04. The van der Waals surface area contributed by atoms with Gasteiger partial charge in [0.05, 0.1) is 6.04 Å². The quantitative estimate of drug-likeness (QED) is 0.877. The van der Waals surface area contributed by atoms with E-state index in [1.807, 2.05) is 11.8 Å². The molecule has 0 bridgehead atoms. The molecule has 0 radical (unpaired) electrons. The zero-order valence-corrected chi connectivity index (χ0v) is 11.2. The van der Waals surface area contributed by atoms with E-state index in [2.05, 4.69) is 5.32 Å². The molecular formula is C14H19FN2O2. The summed E-state index contributed by atoms with van der Waals surface area (Å²) in [6.07, 6.45) is 1.72. The predicted molar refractivity (Wildman–Crippen MR) is 70.3 cm³/mol. The van der Waals surface area contributed by atoms with Crippen molar-refractivity contribution in [3.8, 4) is 5.75 Å². The monoisotopic (exact) mass is 266 g/mol. The van der Waals surface area contributed by atoms with Gasteiger partial charge in [0.25, 0.3) is 0 Å². The molecule has 1 aromatic rings. The van der Waals surface area contributed by atoms with Crippen LogP contribution >= 0.6 is 0 Å². The molecule has 1 aliphatic heterocycles. The highest BCUT2D eigenvalue weighted by Crippen LogP contribution is 2.33. The molecule has 1 saturated heterocycles. The molecule has 2 unspecified atom stereocenters. The molecule has 2 N–H and O–H groups in total. The fourth-order valence-electron chi connectivity index (χ4n) is 2.74. The van der Waals surface area contributed by atoms with Crippen LogP contribution in [-0.4, -0.2) is 35.5 Å². The van der Waals surface area contributed by atoms with Gasteiger partial charge in [0.1, 0.15) is 11.6 Å². The Morgan fingerprint density at radius 3 is 3.00 bits per heavy atom. The number of benzene rings is 1. The third kappa shape index (κ3) is 2.71. The highest BCUT2D eigenvalue weighted by molar-refractivity contribution is 5.81. The van der Waals surface area contributed by atoms with Gasteiger partial charge in [-0.05, 0) is 44.5 Å². The minimum absolute atomic E-state index is 0.0276. The van der Waals surface area contributed by atoms with Crippen LogP contribution in [-0.2, 0) is 4.79 Å². The second-order valence-electron chi connectivity index (χ2n) is 4.89. The van der Waals surface area contributed by atoms with Gasteiger partial charge in [-0.15, -0.1) is 0 Å². The fraction of sp³-hybridized carbons (Fsp3) is 0.500. The van der Waals surface area contributed by atoms with Crippen LogP contribution in [0.2, 0.25) is 0 Å². The maximum atomic E-state index is 13.3. The van der Waals surface area contributed by atoms with Crippen molar-refractivity contribution in [2.75, 3.05) is 13.6 Å². The van der Waals surface area contributed by atoms with Crippen LogP contribution in [0.5, 0.6) is 5.75 Å². The lowest BCUT2D eigenvalue weighted by Crippen LogP contribution is -2.43. The van der Waals surface area contributed by atoms with E-state index in [9.17, 15) is 14.3 Å². The van der Waals surface area contributed by atoms with Gasteiger partial charge in [-0.25, -0.2) is 4.39 Å². The van der Waals surface area contributed by atoms with E-state index in [0.29, 0.717) is 5.56 Å². The smallest absolute Gasteiger partial charge is 0.237 e. The summed E-state index contributed by atoms with van der Waals surface area (Å²) in [5.41, 5.74) is 0.524. The summed E-state index contributed by atoms with van der Waals surface area (Å²) in [4.78, 5) is 13.8. The normalized spacial score (nSPS) is 21.3. The van der Waals surface area contributed by atoms with E-state index in [1.165, 1.54) is 18.2 Å². The lowest BCUT2D eigenvalue weighted by molar-refractivity contribution is -0.125. The fourth-order valence-corrected chi connectivity index (χ4v) is 2.74. The van der Waals surface area contributed by atoms with Crippen molar-refractivity contribution in [2.45, 2.75) is 31.8 Å². The Labute approximate surface area is 112 Å². The van der Waals surface area contributed by atoms with Crippen molar-refractivity contribution in [3.63, 3.8) is 0 Å². The number of nitrogens with one attached hydrogen (secondary N) is 1. The third-order valence-electron chi connectivity index (χ3n) is 3.78. The van der Waals surface area contributed by atoms with E-state index < -0.39 is 0 Å². The molecule has 1 amide bonds. The van der Waals surface area contributed by atoms with Crippen LogP contribution in [0.25, 0.3) is 0 Å². The topological polar surface area (TPSA) is 52.6 Å². The van der Waals surface area contributed by atoms with Gasteiger partial charge in [0.15, 0.2) is 0 Å². The van der Waals surface area contributed by atoms with Crippen molar-refractivity contribution in [1.82, 2.24) is 10.2 Å². The van der Waals surface area contributed by atoms with E-state index in [4.69, 9.17) is 0 Å². The number of phenolic OH excluding ortho intramolecular Hbond substituents is 1. The molecule has 1 heterocycles. The molecule has 0 aromatic heterocycles. The molecule has 2 rings (SSSR count). The van der Waals surface area contributed by atoms with Gasteiger partial charge in [-0.2, -0.15) is 0 Å². The standard InChI is InChI=1S/C14H19FN2O2/c1-9(11-8-10(15)5-6-13(11)18)17-7-3-4-12(17)14(19)16-2/h5-6,8-9,12,18H,3-4,7H2,1-2H3,(H,16,19). The zero-order chi connectivity index (χ0) is 14.0. The summed E-state index contributed by atoms with van der Waals surface area (Å²) in [5, 5.41) is 12.5. The van der Waals surface area contributed by atoms with Gasteiger partial charge in [0, 0.05) is 18.7 Å². The number of hydrogen-bond acceptors (Lipinski definition) is 3. The Morgan fingerprint density at radius 1 is 1.58 bits per heavy atom. The van der Waals surface area contributed by atoms with Gasteiger partial charge in [-0.1, -0.05) is 0 Å². The number of rotatable bonds is 3. The Kier molecular flexibility index (Phi) is 4.04. The molecule has 1 aromatic carbocycles. The Bertz CT molecular complexity index is 479. The van der Waals surface area contributed by atoms with E-state index in [-0.39, 0.29) is 29.6 Å². The summed E-state index contributed by atoms with van der Waals surface area (Å²) in [6.45, 7) is 2.66. The number of likely N-dealkylation sites (tertiary alicyclic amines) is 1. The zero-order valence-electron chi connectivity index (χ0n) is 11.2. The van der Waals surface area contributed by atoms with Crippen LogP contribution in [0.3, 0.4) is 0 Å². The molecule has 19 heavy (non-hydrogen) atoms. The number of carbonyl (C=O) groups is 1. The number of likely N-dealkylation sites (N-methyl/N-ethyl adjacent to an activating group) is 1. The van der Waals surface area contributed by atoms with Crippen LogP contribution in [0.15, 0.2) is 18.2 Å². The predicted octanol–water partition coefficient (Wildman–Crippen LogP) is 1.80. The molecule has 0 spiro atoms. The molecule has 104 valence electrons. The average molecular weight is 266 g/mol. The van der Waals surface area contributed by atoms with E-state index >= 15 is 0 Å². The third-order valence-corrected chi connectivity index (χ3v) is 3.78. The van der Waals surface area contributed by atoms with Crippen molar-refractivity contribution in [1.29, 1.82) is 0 Å². The molecule has 4 nitrogen and oxygen atoms in total. The van der Waals surface area contributed by atoms with Crippen molar-refractivity contribution >= 4 is 5.91 Å². The summed E-state index contributed by atoms with van der Waals surface area (Å²) in [7, 11) is 1.61. The number of hydrogen-bond donors (Lipinski definition) is 2. The first kappa shape index (κ1) is 13.8. The van der Waals surface area contributed by atoms with Crippen LogP contribution in [0, 0.1) is 5.82 Å². The average Bonchev–Trinajstić information content (AvgIpc) is 2.89. The number of halogens is 1. The second kappa shape index (κ2) is 5.57. The Morgan fingerprint density at radius 2 is 2.32 bits per heavy atom. The lowest BCUT2D eigenvalue weighted by atomic mass is 10.0. The molecular weight excluding hydrogens is 247 g/mol. The van der Waals surface area contributed by atoms with Gasteiger partial charge in [0.2, 0.25) is 5.91 Å². The maximum absolute atomic E-state index is 13.3. The molecule has 1 aliphatic rings. The van der Waals surface area contributed by atoms with Gasteiger partial charge >= 0.3 is 0 Å². The van der Waals surface area contributed by atoms with E-state index in [0.717, 1.165) is 19.4 Å². The number of nitrogens with zero attached hydrogens (tertiary/aromatic N) is 1. The SMILES string of the molecule is CNC(=O)C1CCCN1C(C)c1cc(F)ccc1O. The minimum Gasteiger partial charge on any atom is -0.508 e. The molecule has 0 aliphatic carbocycles. The molecule has 0 saturated carbocycles. The number of aromatic hydroxyl groups is 1. The highest BCUT2D eigenvalue weighted by Gasteiger charge is 2.34. The summed E-state index contributed by atoms with van der Waals surface area (Å²) in [5.74, 6) is -0.341. The Balaban J connectivity index is 2.25. The number of carbonyl (C=O) groups excluding carboxylic acids is 1. The molecule has 1 fully saturated rings. The van der Waals surface area contributed by atoms with E-state index in [1.54, 1.807) is 7.05 Å². The van der Waals surface area contributed by atoms with Crippen LogP contribution < -0.4 is 5.32 Å². The van der Waals surface area contributed by atoms with Crippen molar-refractivity contribution in [2.24, 2.45) is 0 Å². The lowest BCUT2D eigenvalue weighted by Gasteiger charge is -2.30. The summed E-state index contributed by atoms with van der Waals surface area (Å²) in [6, 6.07) is 3.51. The van der Waals surface area contributed by atoms with Crippen LogP contribution in [0.1, 0.15) is 31.4 Å². The summed E-state index contributed by atoms with van der Waals surface area (Å²) < 4.78 is 13.3. The minimum atomic E-state index is -0.379. The largest absolute Gasteiger partial charge is 0.508 e. The first-order valence-electron chi connectivity index (χ1n) is 6.50.